The molecule has 0 spiro atoms. The van der Waals surface area contributed by atoms with Crippen LogP contribution in [0.3, 0.4) is 0 Å². The molecule has 2 rings (SSSR count). The van der Waals surface area contributed by atoms with Gasteiger partial charge in [-0.25, -0.2) is 0 Å². The summed E-state index contributed by atoms with van der Waals surface area (Å²) >= 11 is 11.9. The van der Waals surface area contributed by atoms with Crippen LogP contribution in [0.4, 0.5) is 0 Å². The van der Waals surface area contributed by atoms with Gasteiger partial charge in [0.15, 0.2) is 0 Å². The van der Waals surface area contributed by atoms with Gasteiger partial charge in [-0.1, -0.05) is 48.0 Å². The minimum Gasteiger partial charge on any atom is -0.492 e. The van der Waals surface area contributed by atoms with E-state index < -0.39 is 0 Å². The van der Waals surface area contributed by atoms with Gasteiger partial charge in [0.05, 0.1) is 11.6 Å². The second kappa shape index (κ2) is 8.18. The average molecular weight is 309 g/mol. The summed E-state index contributed by atoms with van der Waals surface area (Å²) in [5.74, 6) is 1.21. The van der Waals surface area contributed by atoms with Crippen molar-refractivity contribution in [3.63, 3.8) is 0 Å². The highest BCUT2D eigenvalue weighted by molar-refractivity contribution is 6.32. The highest BCUT2D eigenvalue weighted by Gasteiger charge is 2.02. The maximum absolute atomic E-state index is 6.13. The lowest BCUT2D eigenvalue weighted by atomic mass is 10.1. The zero-order valence-corrected chi connectivity index (χ0v) is 12.8. The van der Waals surface area contributed by atoms with Crippen molar-refractivity contribution in [2.24, 2.45) is 0 Å². The highest BCUT2D eigenvalue weighted by atomic mass is 35.5. The number of alkyl halides is 1. The maximum atomic E-state index is 6.13. The number of ether oxygens (including phenoxy) is 1. The van der Waals surface area contributed by atoms with Gasteiger partial charge in [-0.15, -0.1) is 11.6 Å². The summed E-state index contributed by atoms with van der Waals surface area (Å²) in [6.07, 6.45) is 3.22. The Bertz CT molecular complexity index is 526. The van der Waals surface area contributed by atoms with Gasteiger partial charge in [-0.2, -0.15) is 0 Å². The van der Waals surface area contributed by atoms with Crippen LogP contribution in [0.2, 0.25) is 5.02 Å². The van der Waals surface area contributed by atoms with Crippen LogP contribution in [-0.2, 0) is 12.3 Å². The minimum absolute atomic E-state index is 0.469. The SMILES string of the molecule is ClCc1ccc(OCCCCc2ccccc2)c(Cl)c1. The molecule has 0 aliphatic heterocycles. The molecule has 0 N–H and O–H groups in total. The van der Waals surface area contributed by atoms with Crippen molar-refractivity contribution in [2.75, 3.05) is 6.61 Å². The fourth-order valence-corrected chi connectivity index (χ4v) is 2.43. The van der Waals surface area contributed by atoms with Gasteiger partial charge in [0.25, 0.3) is 0 Å². The van der Waals surface area contributed by atoms with Gasteiger partial charge in [0.1, 0.15) is 5.75 Å². The fourth-order valence-electron chi connectivity index (χ4n) is 2.00. The first-order chi connectivity index (χ1) is 9.79. The predicted molar refractivity (Wildman–Crippen MR) is 85.9 cm³/mol. The molecule has 0 bridgehead atoms. The van der Waals surface area contributed by atoms with Crippen LogP contribution in [-0.4, -0.2) is 6.61 Å². The van der Waals surface area contributed by atoms with E-state index in [0.717, 1.165) is 30.6 Å². The van der Waals surface area contributed by atoms with Crippen molar-refractivity contribution in [3.05, 3.63) is 64.7 Å². The standard InChI is InChI=1S/C17H18Cl2O/c18-13-15-9-10-17(16(19)12-15)20-11-5-4-8-14-6-2-1-3-7-14/h1-3,6-7,9-10,12H,4-5,8,11,13H2. The second-order valence-corrected chi connectivity index (χ2v) is 5.36. The van der Waals surface area contributed by atoms with Crippen molar-refractivity contribution < 1.29 is 4.74 Å². The van der Waals surface area contributed by atoms with Crippen molar-refractivity contribution in [2.45, 2.75) is 25.1 Å². The van der Waals surface area contributed by atoms with Crippen LogP contribution < -0.4 is 4.74 Å². The van der Waals surface area contributed by atoms with Crippen LogP contribution in [0.25, 0.3) is 0 Å². The fraction of sp³-hybridized carbons (Fsp3) is 0.294. The molecule has 0 aromatic heterocycles. The predicted octanol–water partition coefficient (Wildman–Crippen LogP) is 5.48. The van der Waals surface area contributed by atoms with E-state index in [0.29, 0.717) is 17.5 Å². The maximum Gasteiger partial charge on any atom is 0.137 e. The molecule has 0 radical (unpaired) electrons. The summed E-state index contributed by atoms with van der Waals surface area (Å²) < 4.78 is 5.70. The van der Waals surface area contributed by atoms with Crippen molar-refractivity contribution in [3.8, 4) is 5.75 Å². The smallest absolute Gasteiger partial charge is 0.137 e. The molecule has 0 unspecified atom stereocenters. The molecule has 20 heavy (non-hydrogen) atoms. The van der Waals surface area contributed by atoms with Crippen molar-refractivity contribution in [1.29, 1.82) is 0 Å². The van der Waals surface area contributed by atoms with Gasteiger partial charge in [-0.3, -0.25) is 0 Å². The van der Waals surface area contributed by atoms with Gasteiger partial charge < -0.3 is 4.74 Å². The number of benzene rings is 2. The summed E-state index contributed by atoms with van der Waals surface area (Å²) in [5, 5.41) is 0.631. The Morgan fingerprint density at radius 2 is 1.70 bits per heavy atom. The van der Waals surface area contributed by atoms with E-state index in [1.54, 1.807) is 0 Å². The summed E-state index contributed by atoms with van der Waals surface area (Å²) in [6, 6.07) is 16.2. The lowest BCUT2D eigenvalue weighted by molar-refractivity contribution is 0.307. The molecule has 0 heterocycles. The van der Waals surface area contributed by atoms with Crippen LogP contribution in [0, 0.1) is 0 Å². The summed E-state index contributed by atoms with van der Waals surface area (Å²) in [6.45, 7) is 0.687. The monoisotopic (exact) mass is 308 g/mol. The van der Waals surface area contributed by atoms with Gasteiger partial charge >= 0.3 is 0 Å². The van der Waals surface area contributed by atoms with Crippen molar-refractivity contribution in [1.82, 2.24) is 0 Å². The van der Waals surface area contributed by atoms with E-state index >= 15 is 0 Å². The number of hydrogen-bond acceptors (Lipinski definition) is 1. The Balaban J connectivity index is 1.71. The molecule has 0 amide bonds. The van der Waals surface area contributed by atoms with E-state index in [4.69, 9.17) is 27.9 Å². The molecule has 2 aromatic rings. The Hall–Kier alpha value is -1.18. The average Bonchev–Trinajstić information content (AvgIpc) is 2.49. The van der Waals surface area contributed by atoms with Crippen LogP contribution in [0.15, 0.2) is 48.5 Å². The van der Waals surface area contributed by atoms with E-state index in [1.165, 1.54) is 5.56 Å². The number of unbranched alkanes of at least 4 members (excludes halogenated alkanes) is 1. The molecule has 0 saturated heterocycles. The first-order valence-electron chi connectivity index (χ1n) is 6.80. The molecule has 3 heteroatoms. The molecular weight excluding hydrogens is 291 g/mol. The first-order valence-corrected chi connectivity index (χ1v) is 7.72. The summed E-state index contributed by atoms with van der Waals surface area (Å²) in [7, 11) is 0. The largest absolute Gasteiger partial charge is 0.492 e. The second-order valence-electron chi connectivity index (χ2n) is 4.69. The molecule has 106 valence electrons. The molecular formula is C17H18Cl2O. The van der Waals surface area contributed by atoms with Crippen LogP contribution >= 0.6 is 23.2 Å². The van der Waals surface area contributed by atoms with Crippen LogP contribution in [0.5, 0.6) is 5.75 Å². The molecule has 0 aliphatic rings. The first kappa shape index (κ1) is 15.2. The Morgan fingerprint density at radius 1 is 0.900 bits per heavy atom. The topological polar surface area (TPSA) is 9.23 Å². The third-order valence-electron chi connectivity index (χ3n) is 3.11. The van der Waals surface area contributed by atoms with Gasteiger partial charge in [0.2, 0.25) is 0 Å². The number of rotatable bonds is 7. The third kappa shape index (κ3) is 4.73. The van der Waals surface area contributed by atoms with E-state index in [2.05, 4.69) is 24.3 Å². The van der Waals surface area contributed by atoms with Crippen LogP contribution in [0.1, 0.15) is 24.0 Å². The molecule has 1 nitrogen and oxygen atoms in total. The molecule has 0 atom stereocenters. The zero-order chi connectivity index (χ0) is 14.2. The molecule has 0 fully saturated rings. The summed E-state index contributed by atoms with van der Waals surface area (Å²) in [5.41, 5.74) is 2.38. The molecule has 0 aliphatic carbocycles. The van der Waals surface area contributed by atoms with Gasteiger partial charge in [0, 0.05) is 5.88 Å². The quantitative estimate of drug-likeness (QED) is 0.486. The number of halogens is 2. The Labute approximate surface area is 130 Å². The number of aryl methyl sites for hydroxylation is 1. The van der Waals surface area contributed by atoms with E-state index in [1.807, 2.05) is 24.3 Å². The zero-order valence-electron chi connectivity index (χ0n) is 11.3. The molecule has 0 saturated carbocycles. The Kier molecular flexibility index (Phi) is 6.23. The highest BCUT2D eigenvalue weighted by Crippen LogP contribution is 2.26. The van der Waals surface area contributed by atoms with Crippen molar-refractivity contribution >= 4 is 23.2 Å². The minimum atomic E-state index is 0.469. The van der Waals surface area contributed by atoms with E-state index in [9.17, 15) is 0 Å². The lowest BCUT2D eigenvalue weighted by Crippen LogP contribution is -1.99. The lowest BCUT2D eigenvalue weighted by Gasteiger charge is -2.09. The van der Waals surface area contributed by atoms with Gasteiger partial charge in [-0.05, 0) is 42.5 Å². The Morgan fingerprint density at radius 3 is 2.40 bits per heavy atom. The molecule has 2 aromatic carbocycles. The normalized spacial score (nSPS) is 10.5. The number of hydrogen-bond donors (Lipinski definition) is 0. The third-order valence-corrected chi connectivity index (χ3v) is 3.71. The summed E-state index contributed by atoms with van der Waals surface area (Å²) in [4.78, 5) is 0. The van der Waals surface area contributed by atoms with E-state index in [-0.39, 0.29) is 0 Å².